The molecule has 1 amide bonds. The lowest BCUT2D eigenvalue weighted by Crippen LogP contribution is -2.47. The van der Waals surface area contributed by atoms with Gasteiger partial charge in [0.2, 0.25) is 5.91 Å². The normalized spacial score (nSPS) is 32.6. The first-order chi connectivity index (χ1) is 12.2. The van der Waals surface area contributed by atoms with Crippen molar-refractivity contribution >= 4 is 5.91 Å². The number of benzene rings is 1. The highest BCUT2D eigenvalue weighted by atomic mass is 16.5. The van der Waals surface area contributed by atoms with Crippen LogP contribution >= 0.6 is 0 Å². The van der Waals surface area contributed by atoms with E-state index in [1.165, 1.54) is 5.56 Å². The van der Waals surface area contributed by atoms with Gasteiger partial charge in [-0.25, -0.2) is 0 Å². The van der Waals surface area contributed by atoms with Crippen LogP contribution in [-0.2, 0) is 9.53 Å². The van der Waals surface area contributed by atoms with Gasteiger partial charge in [0.25, 0.3) is 0 Å². The Bertz CT molecular complexity index is 629. The van der Waals surface area contributed by atoms with Gasteiger partial charge in [-0.3, -0.25) is 9.69 Å². The molecule has 2 aliphatic heterocycles. The second kappa shape index (κ2) is 6.96. The number of nitrogens with zero attached hydrogens (tertiary/aromatic N) is 2. The van der Waals surface area contributed by atoms with Gasteiger partial charge in [-0.1, -0.05) is 19.1 Å². The minimum Gasteiger partial charge on any atom is -0.497 e. The van der Waals surface area contributed by atoms with Gasteiger partial charge in [0.15, 0.2) is 0 Å². The highest BCUT2D eigenvalue weighted by Gasteiger charge is 2.48. The first-order valence-electron chi connectivity index (χ1n) is 9.42. The van der Waals surface area contributed by atoms with Crippen molar-refractivity contribution in [1.82, 2.24) is 9.80 Å². The number of ether oxygens (including phenoxy) is 2. The first kappa shape index (κ1) is 16.9. The zero-order valence-electron chi connectivity index (χ0n) is 15.2. The standard InChI is InChI=1S/C20H28N2O3/c1-14-12-22(13-19(14)21-6-8-25-9-7-21)20(23)18-11-17(18)15-4-3-5-16(10-15)24-2/h3-5,10,14,17-19H,6-9,11-13H2,1-2H3/t14-,17+,18+,19+/m1/s1. The molecule has 4 atom stereocenters. The van der Waals surface area contributed by atoms with Crippen LogP contribution in [0.5, 0.6) is 5.75 Å². The van der Waals surface area contributed by atoms with Gasteiger partial charge in [-0.05, 0) is 36.0 Å². The molecule has 1 aliphatic carbocycles. The summed E-state index contributed by atoms with van der Waals surface area (Å²) in [4.78, 5) is 17.6. The van der Waals surface area contributed by atoms with E-state index >= 15 is 0 Å². The number of carbonyl (C=O) groups is 1. The Kier molecular flexibility index (Phi) is 4.69. The van der Waals surface area contributed by atoms with Crippen molar-refractivity contribution in [1.29, 1.82) is 0 Å². The molecule has 1 aromatic carbocycles. The lowest BCUT2D eigenvalue weighted by atomic mass is 10.0. The summed E-state index contributed by atoms with van der Waals surface area (Å²) in [5, 5.41) is 0. The number of rotatable bonds is 4. The van der Waals surface area contributed by atoms with E-state index in [1.807, 2.05) is 12.1 Å². The maximum absolute atomic E-state index is 13.0. The van der Waals surface area contributed by atoms with Gasteiger partial charge in [-0.2, -0.15) is 0 Å². The molecule has 0 unspecified atom stereocenters. The van der Waals surface area contributed by atoms with Crippen molar-refractivity contribution in [2.75, 3.05) is 46.5 Å². The van der Waals surface area contributed by atoms with Crippen molar-refractivity contribution in [3.05, 3.63) is 29.8 Å². The second-order valence-electron chi connectivity index (χ2n) is 7.66. The lowest BCUT2D eigenvalue weighted by Gasteiger charge is -2.34. The fourth-order valence-electron chi connectivity index (χ4n) is 4.46. The average molecular weight is 344 g/mol. The average Bonchev–Trinajstić information content (AvgIpc) is 3.37. The van der Waals surface area contributed by atoms with Gasteiger partial charge < -0.3 is 14.4 Å². The fraction of sp³-hybridized carbons (Fsp3) is 0.650. The number of hydrogen-bond donors (Lipinski definition) is 0. The van der Waals surface area contributed by atoms with Crippen LogP contribution in [0, 0.1) is 11.8 Å². The molecular formula is C20H28N2O3. The number of amides is 1. The molecule has 4 rings (SSSR count). The first-order valence-corrected chi connectivity index (χ1v) is 9.42. The largest absolute Gasteiger partial charge is 0.497 e. The van der Waals surface area contributed by atoms with E-state index in [2.05, 4.69) is 28.9 Å². The molecule has 3 fully saturated rings. The van der Waals surface area contributed by atoms with E-state index < -0.39 is 0 Å². The van der Waals surface area contributed by atoms with E-state index in [0.717, 1.165) is 51.6 Å². The summed E-state index contributed by atoms with van der Waals surface area (Å²) < 4.78 is 10.8. The third-order valence-corrected chi connectivity index (χ3v) is 6.03. The summed E-state index contributed by atoms with van der Waals surface area (Å²) in [6, 6.07) is 8.64. The highest BCUT2D eigenvalue weighted by Crippen LogP contribution is 2.49. The molecule has 0 spiro atoms. The molecule has 2 saturated heterocycles. The van der Waals surface area contributed by atoms with Crippen LogP contribution in [0.1, 0.15) is 24.8 Å². The molecule has 0 bridgehead atoms. The molecule has 0 N–H and O–H groups in total. The lowest BCUT2D eigenvalue weighted by molar-refractivity contribution is -0.131. The molecular weight excluding hydrogens is 316 g/mol. The topological polar surface area (TPSA) is 42.0 Å². The number of methoxy groups -OCH3 is 1. The summed E-state index contributed by atoms with van der Waals surface area (Å²) in [5.41, 5.74) is 1.23. The third kappa shape index (κ3) is 3.40. The maximum Gasteiger partial charge on any atom is 0.226 e. The van der Waals surface area contributed by atoms with Crippen molar-refractivity contribution in [2.24, 2.45) is 11.8 Å². The second-order valence-corrected chi connectivity index (χ2v) is 7.66. The van der Waals surface area contributed by atoms with E-state index in [0.29, 0.717) is 23.8 Å². The van der Waals surface area contributed by atoms with Crippen LogP contribution in [0.25, 0.3) is 0 Å². The molecule has 136 valence electrons. The van der Waals surface area contributed by atoms with Crippen LogP contribution < -0.4 is 4.74 Å². The van der Waals surface area contributed by atoms with Gasteiger partial charge in [-0.15, -0.1) is 0 Å². The van der Waals surface area contributed by atoms with E-state index in [9.17, 15) is 4.79 Å². The smallest absolute Gasteiger partial charge is 0.226 e. The van der Waals surface area contributed by atoms with Crippen molar-refractivity contribution in [3.8, 4) is 5.75 Å². The molecule has 1 aromatic rings. The van der Waals surface area contributed by atoms with Crippen molar-refractivity contribution < 1.29 is 14.3 Å². The number of morpholine rings is 1. The van der Waals surface area contributed by atoms with E-state index in [-0.39, 0.29) is 5.92 Å². The van der Waals surface area contributed by atoms with Gasteiger partial charge in [0, 0.05) is 38.1 Å². The maximum atomic E-state index is 13.0. The Morgan fingerprint density at radius 2 is 2.04 bits per heavy atom. The SMILES string of the molecule is COc1cccc([C@@H]2C[C@@H]2C(=O)N2C[C@@H](C)[C@@H](N3CCOCC3)C2)c1. The van der Waals surface area contributed by atoms with Crippen molar-refractivity contribution in [3.63, 3.8) is 0 Å². The summed E-state index contributed by atoms with van der Waals surface area (Å²) in [6.07, 6.45) is 0.971. The van der Waals surface area contributed by atoms with Gasteiger partial charge in [0.1, 0.15) is 5.75 Å². The summed E-state index contributed by atoms with van der Waals surface area (Å²) in [6.45, 7) is 7.67. The van der Waals surface area contributed by atoms with Crippen molar-refractivity contribution in [2.45, 2.75) is 25.3 Å². The fourth-order valence-corrected chi connectivity index (χ4v) is 4.46. The number of hydrogen-bond acceptors (Lipinski definition) is 4. The van der Waals surface area contributed by atoms with Crippen LogP contribution in [0.2, 0.25) is 0 Å². The number of likely N-dealkylation sites (tertiary alicyclic amines) is 1. The Hall–Kier alpha value is -1.59. The Labute approximate surface area is 149 Å². The summed E-state index contributed by atoms with van der Waals surface area (Å²) in [5.74, 6) is 2.27. The minimum absolute atomic E-state index is 0.155. The third-order valence-electron chi connectivity index (χ3n) is 6.03. The highest BCUT2D eigenvalue weighted by molar-refractivity contribution is 5.83. The molecule has 25 heavy (non-hydrogen) atoms. The molecule has 0 aromatic heterocycles. The molecule has 0 radical (unpaired) electrons. The van der Waals surface area contributed by atoms with E-state index in [1.54, 1.807) is 7.11 Å². The summed E-state index contributed by atoms with van der Waals surface area (Å²) >= 11 is 0. The van der Waals surface area contributed by atoms with E-state index in [4.69, 9.17) is 9.47 Å². The van der Waals surface area contributed by atoms with Crippen LogP contribution in [0.15, 0.2) is 24.3 Å². The molecule has 1 saturated carbocycles. The quantitative estimate of drug-likeness (QED) is 0.838. The molecule has 3 aliphatic rings. The van der Waals surface area contributed by atoms with Crippen LogP contribution in [0.4, 0.5) is 0 Å². The molecule has 2 heterocycles. The zero-order chi connectivity index (χ0) is 17.4. The number of carbonyl (C=O) groups excluding carboxylic acids is 1. The molecule has 5 heteroatoms. The van der Waals surface area contributed by atoms with Crippen LogP contribution in [-0.4, -0.2) is 68.3 Å². The minimum atomic E-state index is 0.155. The zero-order valence-corrected chi connectivity index (χ0v) is 15.2. The summed E-state index contributed by atoms with van der Waals surface area (Å²) in [7, 11) is 1.69. The Morgan fingerprint density at radius 3 is 2.80 bits per heavy atom. The Balaban J connectivity index is 1.37. The monoisotopic (exact) mass is 344 g/mol. The predicted octanol–water partition coefficient (Wildman–Crippen LogP) is 1.98. The van der Waals surface area contributed by atoms with Gasteiger partial charge in [0.05, 0.1) is 20.3 Å². The Morgan fingerprint density at radius 1 is 1.24 bits per heavy atom. The predicted molar refractivity (Wildman–Crippen MR) is 95.8 cm³/mol. The van der Waals surface area contributed by atoms with Gasteiger partial charge >= 0.3 is 0 Å². The molecule has 5 nitrogen and oxygen atoms in total. The van der Waals surface area contributed by atoms with Crippen LogP contribution in [0.3, 0.4) is 0 Å².